The van der Waals surface area contributed by atoms with Crippen LogP contribution in [0.15, 0.2) is 0 Å². The highest BCUT2D eigenvalue weighted by atomic mass is 19.3. The molecule has 2 saturated heterocycles. The van der Waals surface area contributed by atoms with Crippen LogP contribution in [0.1, 0.15) is 53.4 Å². The van der Waals surface area contributed by atoms with Crippen LogP contribution in [0.3, 0.4) is 0 Å². The van der Waals surface area contributed by atoms with Crippen molar-refractivity contribution in [2.75, 3.05) is 45.8 Å². The third kappa shape index (κ3) is 5.63. The summed E-state index contributed by atoms with van der Waals surface area (Å²) in [5.41, 5.74) is 0. The lowest BCUT2D eigenvalue weighted by Crippen LogP contribution is -2.52. The predicted molar refractivity (Wildman–Crippen MR) is 96.5 cm³/mol. The highest BCUT2D eigenvalue weighted by Crippen LogP contribution is 2.37. The Morgan fingerprint density at radius 1 is 1.00 bits per heavy atom. The van der Waals surface area contributed by atoms with Crippen molar-refractivity contribution in [1.29, 1.82) is 0 Å². The first kappa shape index (κ1) is 20.1. The van der Waals surface area contributed by atoms with E-state index in [0.717, 1.165) is 57.9 Å². The maximum absolute atomic E-state index is 14.4. The zero-order valence-corrected chi connectivity index (χ0v) is 16.1. The summed E-state index contributed by atoms with van der Waals surface area (Å²) in [4.78, 5) is 6.42. The SMILES string of the molecule is CCC(C)N1CCC(CCN2CCN(CC(C)C)CC2)CC1(F)F. The Morgan fingerprint density at radius 3 is 2.17 bits per heavy atom. The highest BCUT2D eigenvalue weighted by Gasteiger charge is 2.44. The van der Waals surface area contributed by atoms with E-state index in [1.807, 2.05) is 13.8 Å². The third-order valence-corrected chi connectivity index (χ3v) is 5.80. The van der Waals surface area contributed by atoms with Gasteiger partial charge in [-0.15, -0.1) is 0 Å². The fourth-order valence-corrected chi connectivity index (χ4v) is 4.14. The van der Waals surface area contributed by atoms with Crippen LogP contribution in [-0.4, -0.2) is 72.6 Å². The largest absolute Gasteiger partial charge is 0.305 e. The summed E-state index contributed by atoms with van der Waals surface area (Å²) in [6.07, 6.45) is 2.69. The predicted octanol–water partition coefficient (Wildman–Crippen LogP) is 3.75. The first-order valence-electron chi connectivity index (χ1n) is 9.91. The molecule has 0 radical (unpaired) electrons. The molecule has 5 heteroatoms. The Balaban J connectivity index is 1.71. The van der Waals surface area contributed by atoms with Gasteiger partial charge in [-0.2, -0.15) is 8.78 Å². The van der Waals surface area contributed by atoms with E-state index >= 15 is 0 Å². The molecule has 2 atom stereocenters. The lowest BCUT2D eigenvalue weighted by atomic mass is 9.90. The molecule has 2 unspecified atom stereocenters. The van der Waals surface area contributed by atoms with Gasteiger partial charge in [0.25, 0.3) is 0 Å². The summed E-state index contributed by atoms with van der Waals surface area (Å²) in [6, 6.07) is -2.64. The number of hydrogen-bond acceptors (Lipinski definition) is 3. The van der Waals surface area contributed by atoms with Gasteiger partial charge in [0.05, 0.1) is 0 Å². The van der Waals surface area contributed by atoms with Crippen molar-refractivity contribution in [2.24, 2.45) is 11.8 Å². The van der Waals surface area contributed by atoms with E-state index < -0.39 is 6.05 Å². The average Bonchev–Trinajstić information content (AvgIpc) is 2.52. The summed E-state index contributed by atoms with van der Waals surface area (Å²) in [5, 5.41) is 0. The molecule has 142 valence electrons. The molecule has 0 saturated carbocycles. The second kappa shape index (κ2) is 8.91. The molecule has 2 rings (SSSR count). The molecule has 0 aliphatic carbocycles. The minimum absolute atomic E-state index is 0.0185. The fraction of sp³-hybridized carbons (Fsp3) is 1.00. The molecule has 3 nitrogen and oxygen atoms in total. The lowest BCUT2D eigenvalue weighted by Gasteiger charge is -2.43. The molecule has 2 aliphatic rings. The van der Waals surface area contributed by atoms with Gasteiger partial charge >= 0.3 is 6.05 Å². The average molecular weight is 346 g/mol. The quantitative estimate of drug-likeness (QED) is 0.651. The zero-order valence-electron chi connectivity index (χ0n) is 16.1. The molecule has 0 N–H and O–H groups in total. The van der Waals surface area contributed by atoms with Gasteiger partial charge in [0.2, 0.25) is 0 Å². The van der Waals surface area contributed by atoms with Crippen LogP contribution >= 0.6 is 0 Å². The summed E-state index contributed by atoms with van der Waals surface area (Å²) >= 11 is 0. The third-order valence-electron chi connectivity index (χ3n) is 5.80. The summed E-state index contributed by atoms with van der Waals surface area (Å²) in [5.74, 6) is 0.892. The Hall–Kier alpha value is -0.260. The van der Waals surface area contributed by atoms with Crippen LogP contribution in [0.4, 0.5) is 8.78 Å². The molecular weight excluding hydrogens is 308 g/mol. The molecule has 2 heterocycles. The number of likely N-dealkylation sites (tertiary alicyclic amines) is 1. The van der Waals surface area contributed by atoms with Crippen molar-refractivity contribution < 1.29 is 8.78 Å². The van der Waals surface area contributed by atoms with E-state index in [0.29, 0.717) is 6.54 Å². The minimum Gasteiger partial charge on any atom is -0.301 e. The number of halogens is 2. The van der Waals surface area contributed by atoms with Crippen molar-refractivity contribution in [3.8, 4) is 0 Å². The number of piperazine rings is 1. The van der Waals surface area contributed by atoms with E-state index in [-0.39, 0.29) is 18.4 Å². The second-order valence-corrected chi connectivity index (χ2v) is 8.30. The van der Waals surface area contributed by atoms with Gasteiger partial charge in [-0.3, -0.25) is 0 Å². The lowest BCUT2D eigenvalue weighted by molar-refractivity contribution is -0.195. The first-order chi connectivity index (χ1) is 11.3. The monoisotopic (exact) mass is 345 g/mol. The van der Waals surface area contributed by atoms with Crippen molar-refractivity contribution in [3.63, 3.8) is 0 Å². The normalized spacial score (nSPS) is 28.4. The number of alkyl halides is 2. The fourth-order valence-electron chi connectivity index (χ4n) is 4.14. The highest BCUT2D eigenvalue weighted by molar-refractivity contribution is 4.85. The van der Waals surface area contributed by atoms with Crippen molar-refractivity contribution >= 4 is 0 Å². The topological polar surface area (TPSA) is 9.72 Å². The molecular formula is C19H37F2N3. The number of piperidine rings is 1. The molecule has 0 amide bonds. The minimum atomic E-state index is -2.62. The van der Waals surface area contributed by atoms with Crippen LogP contribution in [0.25, 0.3) is 0 Å². The van der Waals surface area contributed by atoms with E-state index in [2.05, 4.69) is 23.6 Å². The van der Waals surface area contributed by atoms with Gasteiger partial charge in [0.15, 0.2) is 0 Å². The van der Waals surface area contributed by atoms with Crippen molar-refractivity contribution in [3.05, 3.63) is 0 Å². The van der Waals surface area contributed by atoms with Gasteiger partial charge in [-0.05, 0) is 44.6 Å². The molecule has 0 aromatic carbocycles. The van der Waals surface area contributed by atoms with Crippen LogP contribution in [-0.2, 0) is 0 Å². The molecule has 0 aromatic rings. The molecule has 24 heavy (non-hydrogen) atoms. The standard InChI is InChI=1S/C19H37F2N3/c1-5-17(4)24-9-7-18(14-19(24,20)21)6-8-22-10-12-23(13-11-22)15-16(2)3/h16-18H,5-15H2,1-4H3. The van der Waals surface area contributed by atoms with Crippen molar-refractivity contribution in [1.82, 2.24) is 14.7 Å². The Morgan fingerprint density at radius 2 is 1.62 bits per heavy atom. The van der Waals surface area contributed by atoms with Crippen LogP contribution in [0.2, 0.25) is 0 Å². The molecule has 2 aliphatic heterocycles. The number of nitrogens with zero attached hydrogens (tertiary/aromatic N) is 3. The maximum atomic E-state index is 14.4. The summed E-state index contributed by atoms with van der Waals surface area (Å²) in [6.45, 7) is 15.6. The van der Waals surface area contributed by atoms with Crippen LogP contribution < -0.4 is 0 Å². The zero-order chi connectivity index (χ0) is 17.7. The van der Waals surface area contributed by atoms with Crippen LogP contribution in [0, 0.1) is 11.8 Å². The van der Waals surface area contributed by atoms with E-state index in [4.69, 9.17) is 0 Å². The Kier molecular flexibility index (Phi) is 7.44. The van der Waals surface area contributed by atoms with Gasteiger partial charge < -0.3 is 9.80 Å². The Labute approximate surface area is 147 Å². The van der Waals surface area contributed by atoms with E-state index in [9.17, 15) is 8.78 Å². The first-order valence-corrected chi connectivity index (χ1v) is 9.91. The van der Waals surface area contributed by atoms with E-state index in [1.165, 1.54) is 11.4 Å². The summed E-state index contributed by atoms with van der Waals surface area (Å²) < 4.78 is 28.8. The number of rotatable bonds is 7. The maximum Gasteiger partial charge on any atom is 0.305 e. The van der Waals surface area contributed by atoms with Gasteiger partial charge in [0.1, 0.15) is 0 Å². The van der Waals surface area contributed by atoms with Crippen LogP contribution in [0.5, 0.6) is 0 Å². The Bertz CT molecular complexity index is 368. The van der Waals surface area contributed by atoms with Gasteiger partial charge in [-0.25, -0.2) is 4.90 Å². The molecule has 0 bridgehead atoms. The smallest absolute Gasteiger partial charge is 0.301 e. The van der Waals surface area contributed by atoms with E-state index in [1.54, 1.807) is 0 Å². The summed E-state index contributed by atoms with van der Waals surface area (Å²) in [7, 11) is 0. The second-order valence-electron chi connectivity index (χ2n) is 8.30. The molecule has 0 aromatic heterocycles. The van der Waals surface area contributed by atoms with Crippen molar-refractivity contribution in [2.45, 2.75) is 65.5 Å². The van der Waals surface area contributed by atoms with Gasteiger partial charge in [0, 0.05) is 51.7 Å². The van der Waals surface area contributed by atoms with Gasteiger partial charge in [-0.1, -0.05) is 20.8 Å². The molecule has 0 spiro atoms. The molecule has 2 fully saturated rings. The number of hydrogen-bond donors (Lipinski definition) is 0.